The molecule has 0 bridgehead atoms. The summed E-state index contributed by atoms with van der Waals surface area (Å²) in [7, 11) is 0. The Morgan fingerprint density at radius 1 is 1.42 bits per heavy atom. The Balaban J connectivity index is 2.02. The van der Waals surface area contributed by atoms with Crippen molar-refractivity contribution in [3.05, 3.63) is 47.9 Å². The summed E-state index contributed by atoms with van der Waals surface area (Å²) in [6, 6.07) is 8.23. The van der Waals surface area contributed by atoms with E-state index in [2.05, 4.69) is 5.32 Å². The van der Waals surface area contributed by atoms with Crippen molar-refractivity contribution < 1.29 is 14.3 Å². The van der Waals surface area contributed by atoms with Crippen molar-refractivity contribution in [2.45, 2.75) is 19.4 Å². The van der Waals surface area contributed by atoms with Gasteiger partial charge in [0.15, 0.2) is 5.75 Å². The molecular weight excluding hydrogens is 244 g/mol. The molecule has 0 aliphatic carbocycles. The SMILES string of the molecule is CC(Cc1ccco1)NC(=O)c1cccc(N)c1O. The van der Waals surface area contributed by atoms with Gasteiger partial charge in [-0.1, -0.05) is 6.07 Å². The van der Waals surface area contributed by atoms with Crippen molar-refractivity contribution in [1.82, 2.24) is 5.32 Å². The van der Waals surface area contributed by atoms with Crippen LogP contribution in [0.4, 0.5) is 5.69 Å². The number of amides is 1. The Bertz CT molecular complexity index is 564. The summed E-state index contributed by atoms with van der Waals surface area (Å²) in [5.74, 6) is 0.249. The zero-order chi connectivity index (χ0) is 13.8. The summed E-state index contributed by atoms with van der Waals surface area (Å²) in [6.07, 6.45) is 2.18. The molecule has 0 aliphatic heterocycles. The third-order valence-corrected chi connectivity index (χ3v) is 2.78. The van der Waals surface area contributed by atoms with Crippen molar-refractivity contribution in [2.75, 3.05) is 5.73 Å². The van der Waals surface area contributed by atoms with Crippen molar-refractivity contribution in [2.24, 2.45) is 0 Å². The second-order valence-corrected chi connectivity index (χ2v) is 4.40. The Labute approximate surface area is 111 Å². The molecule has 2 rings (SSSR count). The standard InChI is InChI=1S/C14H16N2O3/c1-9(8-10-4-3-7-19-10)16-14(18)11-5-2-6-12(15)13(11)17/h2-7,9,17H,8,15H2,1H3,(H,16,18). The summed E-state index contributed by atoms with van der Waals surface area (Å²) < 4.78 is 5.21. The van der Waals surface area contributed by atoms with Crippen LogP contribution in [0.15, 0.2) is 41.0 Å². The van der Waals surface area contributed by atoms with Gasteiger partial charge in [0.25, 0.3) is 5.91 Å². The van der Waals surface area contributed by atoms with Gasteiger partial charge in [-0.05, 0) is 31.2 Å². The van der Waals surface area contributed by atoms with E-state index in [0.29, 0.717) is 6.42 Å². The zero-order valence-electron chi connectivity index (χ0n) is 10.6. The maximum Gasteiger partial charge on any atom is 0.255 e. The first-order valence-electron chi connectivity index (χ1n) is 5.98. The van der Waals surface area contributed by atoms with Gasteiger partial charge >= 0.3 is 0 Å². The summed E-state index contributed by atoms with van der Waals surface area (Å²) in [5, 5.41) is 12.5. The number of nitrogens with one attached hydrogen (secondary N) is 1. The van der Waals surface area contributed by atoms with E-state index in [4.69, 9.17) is 10.2 Å². The summed E-state index contributed by atoms with van der Waals surface area (Å²) in [4.78, 5) is 12.0. The van der Waals surface area contributed by atoms with Crippen molar-refractivity contribution in [3.63, 3.8) is 0 Å². The molecule has 1 atom stereocenters. The predicted molar refractivity (Wildman–Crippen MR) is 71.9 cm³/mol. The molecule has 0 saturated heterocycles. The van der Waals surface area contributed by atoms with Crippen LogP contribution in [-0.4, -0.2) is 17.1 Å². The number of aromatic hydroxyl groups is 1. The number of furan rings is 1. The van der Waals surface area contributed by atoms with Gasteiger partial charge in [0.1, 0.15) is 5.76 Å². The van der Waals surface area contributed by atoms with Gasteiger partial charge in [-0.2, -0.15) is 0 Å². The maximum atomic E-state index is 12.0. The van der Waals surface area contributed by atoms with Gasteiger partial charge in [0.05, 0.1) is 17.5 Å². The molecule has 1 aromatic carbocycles. The van der Waals surface area contributed by atoms with Crippen LogP contribution in [0.5, 0.6) is 5.75 Å². The van der Waals surface area contributed by atoms with Crippen LogP contribution >= 0.6 is 0 Å². The lowest BCUT2D eigenvalue weighted by Crippen LogP contribution is -2.34. The van der Waals surface area contributed by atoms with E-state index in [1.807, 2.05) is 13.0 Å². The topological polar surface area (TPSA) is 88.5 Å². The second kappa shape index (κ2) is 5.48. The Morgan fingerprint density at radius 2 is 2.21 bits per heavy atom. The molecule has 4 N–H and O–H groups in total. The molecule has 5 heteroatoms. The molecule has 1 unspecified atom stereocenters. The van der Waals surface area contributed by atoms with Gasteiger partial charge < -0.3 is 20.6 Å². The largest absolute Gasteiger partial charge is 0.505 e. The molecule has 1 amide bonds. The highest BCUT2D eigenvalue weighted by molar-refractivity contribution is 5.98. The fraction of sp³-hybridized carbons (Fsp3) is 0.214. The van der Waals surface area contributed by atoms with E-state index >= 15 is 0 Å². The highest BCUT2D eigenvalue weighted by atomic mass is 16.3. The summed E-state index contributed by atoms with van der Waals surface area (Å²) >= 11 is 0. The predicted octanol–water partition coefficient (Wildman–Crippen LogP) is 1.93. The molecule has 1 aromatic heterocycles. The van der Waals surface area contributed by atoms with E-state index in [1.54, 1.807) is 24.5 Å². The number of para-hydroxylation sites is 1. The molecule has 1 heterocycles. The molecule has 0 fully saturated rings. The number of nitrogens with two attached hydrogens (primary N) is 1. The number of hydrogen-bond acceptors (Lipinski definition) is 4. The first-order valence-corrected chi connectivity index (χ1v) is 5.98. The molecular formula is C14H16N2O3. The molecule has 100 valence electrons. The van der Waals surface area contributed by atoms with E-state index in [9.17, 15) is 9.90 Å². The van der Waals surface area contributed by atoms with Crippen LogP contribution in [0.1, 0.15) is 23.0 Å². The number of anilines is 1. The molecule has 5 nitrogen and oxygen atoms in total. The van der Waals surface area contributed by atoms with Crippen LogP contribution in [-0.2, 0) is 6.42 Å². The minimum Gasteiger partial charge on any atom is -0.505 e. The van der Waals surface area contributed by atoms with Crippen LogP contribution in [0.2, 0.25) is 0 Å². The second-order valence-electron chi connectivity index (χ2n) is 4.40. The highest BCUT2D eigenvalue weighted by Crippen LogP contribution is 2.24. The lowest BCUT2D eigenvalue weighted by atomic mass is 10.1. The molecule has 0 aliphatic rings. The molecule has 19 heavy (non-hydrogen) atoms. The fourth-order valence-corrected chi connectivity index (χ4v) is 1.83. The first-order chi connectivity index (χ1) is 9.08. The zero-order valence-corrected chi connectivity index (χ0v) is 10.6. The van der Waals surface area contributed by atoms with Crippen LogP contribution in [0.25, 0.3) is 0 Å². The molecule has 2 aromatic rings. The molecule has 0 saturated carbocycles. The average molecular weight is 260 g/mol. The number of carbonyl (C=O) groups excluding carboxylic acids is 1. The molecule has 0 radical (unpaired) electrons. The number of carbonyl (C=O) groups is 1. The van der Waals surface area contributed by atoms with Gasteiger partial charge in [0.2, 0.25) is 0 Å². The van der Waals surface area contributed by atoms with Gasteiger partial charge in [-0.3, -0.25) is 4.79 Å². The van der Waals surface area contributed by atoms with Crippen molar-refractivity contribution in [1.29, 1.82) is 0 Å². The third kappa shape index (κ3) is 3.07. The minimum absolute atomic E-state index is 0.112. The van der Waals surface area contributed by atoms with Crippen LogP contribution in [0, 0.1) is 0 Å². The monoisotopic (exact) mass is 260 g/mol. The minimum atomic E-state index is -0.358. The number of hydrogen-bond donors (Lipinski definition) is 3. The van der Waals surface area contributed by atoms with Crippen molar-refractivity contribution >= 4 is 11.6 Å². The van der Waals surface area contributed by atoms with Gasteiger partial charge in [-0.25, -0.2) is 0 Å². The fourth-order valence-electron chi connectivity index (χ4n) is 1.83. The first kappa shape index (κ1) is 13.0. The average Bonchev–Trinajstić information content (AvgIpc) is 2.85. The normalized spacial score (nSPS) is 12.1. The van der Waals surface area contributed by atoms with E-state index in [-0.39, 0.29) is 28.9 Å². The van der Waals surface area contributed by atoms with Crippen LogP contribution < -0.4 is 11.1 Å². The van der Waals surface area contributed by atoms with Gasteiger partial charge in [0, 0.05) is 12.5 Å². The number of phenolic OH excluding ortho intramolecular Hbond substituents is 1. The Morgan fingerprint density at radius 3 is 2.89 bits per heavy atom. The van der Waals surface area contributed by atoms with E-state index in [0.717, 1.165) is 5.76 Å². The number of nitrogen functional groups attached to an aromatic ring is 1. The smallest absolute Gasteiger partial charge is 0.255 e. The Kier molecular flexibility index (Phi) is 3.75. The number of rotatable bonds is 4. The maximum absolute atomic E-state index is 12.0. The Hall–Kier alpha value is -2.43. The van der Waals surface area contributed by atoms with E-state index in [1.165, 1.54) is 6.07 Å². The summed E-state index contributed by atoms with van der Waals surface area (Å²) in [5.41, 5.74) is 5.91. The highest BCUT2D eigenvalue weighted by Gasteiger charge is 2.15. The van der Waals surface area contributed by atoms with Gasteiger partial charge in [-0.15, -0.1) is 0 Å². The van der Waals surface area contributed by atoms with E-state index < -0.39 is 0 Å². The lowest BCUT2D eigenvalue weighted by molar-refractivity contribution is 0.0936. The third-order valence-electron chi connectivity index (χ3n) is 2.78. The quantitative estimate of drug-likeness (QED) is 0.579. The van der Waals surface area contributed by atoms with Crippen LogP contribution in [0.3, 0.4) is 0 Å². The lowest BCUT2D eigenvalue weighted by Gasteiger charge is -2.13. The molecule has 0 spiro atoms. The summed E-state index contributed by atoms with van der Waals surface area (Å²) in [6.45, 7) is 1.86. The number of phenols is 1. The number of benzene rings is 1. The van der Waals surface area contributed by atoms with Crippen molar-refractivity contribution in [3.8, 4) is 5.75 Å².